The number of thiophene rings is 1. The highest BCUT2D eigenvalue weighted by molar-refractivity contribution is 7.10. The molecular formula is C27H31N3O4S. The zero-order chi connectivity index (χ0) is 24.0. The van der Waals surface area contributed by atoms with Crippen molar-refractivity contribution in [2.45, 2.75) is 43.9 Å². The molecule has 8 heteroatoms. The third kappa shape index (κ3) is 5.66. The molecule has 5 rings (SSSR count). The van der Waals surface area contributed by atoms with E-state index in [2.05, 4.69) is 10.3 Å². The summed E-state index contributed by atoms with van der Waals surface area (Å²) < 4.78 is 11.6. The fourth-order valence-corrected chi connectivity index (χ4v) is 5.60. The second kappa shape index (κ2) is 11.2. The van der Waals surface area contributed by atoms with Gasteiger partial charge >= 0.3 is 0 Å². The minimum atomic E-state index is -0.739. The molecule has 1 aromatic carbocycles. The highest BCUT2D eigenvalue weighted by Crippen LogP contribution is 2.30. The molecule has 2 aliphatic rings. The third-order valence-electron chi connectivity index (χ3n) is 6.59. The second-order valence-electron chi connectivity index (χ2n) is 9.04. The van der Waals surface area contributed by atoms with E-state index in [-0.39, 0.29) is 24.0 Å². The average molecular weight is 494 g/mol. The molecule has 3 unspecified atom stereocenters. The molecule has 184 valence electrons. The van der Waals surface area contributed by atoms with Crippen LogP contribution in [0.4, 0.5) is 0 Å². The zero-order valence-electron chi connectivity index (χ0n) is 19.7. The molecule has 2 amide bonds. The van der Waals surface area contributed by atoms with Crippen molar-refractivity contribution >= 4 is 23.2 Å². The lowest BCUT2D eigenvalue weighted by Gasteiger charge is -2.32. The van der Waals surface area contributed by atoms with E-state index in [4.69, 9.17) is 9.47 Å². The van der Waals surface area contributed by atoms with Crippen molar-refractivity contribution in [3.8, 4) is 11.3 Å². The number of aromatic nitrogens is 1. The summed E-state index contributed by atoms with van der Waals surface area (Å²) in [4.78, 5) is 33.3. The standard InChI is InChI=1S/C27H31N3O4S/c31-26(28-17-20-9-4-14-33-20)25(24-11-6-16-35-24)30(18-21-10-5-15-34-21)27(32)23-13-12-22(29-23)19-7-2-1-3-8-19/h1-3,6-8,11-13,16,20-21,25,29H,4-5,9-10,14-15,17-18H2,(H,28,31). The molecule has 2 fully saturated rings. The van der Waals surface area contributed by atoms with Crippen LogP contribution in [0.3, 0.4) is 0 Å². The van der Waals surface area contributed by atoms with E-state index < -0.39 is 6.04 Å². The lowest BCUT2D eigenvalue weighted by Crippen LogP contribution is -2.47. The molecule has 3 atom stereocenters. The Morgan fingerprint density at radius 3 is 2.46 bits per heavy atom. The fraction of sp³-hybridized carbons (Fsp3) is 0.407. The number of ether oxygens (including phenoxy) is 2. The zero-order valence-corrected chi connectivity index (χ0v) is 20.5. The SMILES string of the molecule is O=C(NCC1CCCO1)C(c1cccs1)N(CC1CCCO1)C(=O)c1ccc(-c2ccccc2)[nH]1. The Morgan fingerprint density at radius 1 is 1.00 bits per heavy atom. The average Bonchev–Trinajstić information content (AvgIpc) is 3.71. The molecule has 2 saturated heterocycles. The highest BCUT2D eigenvalue weighted by atomic mass is 32.1. The van der Waals surface area contributed by atoms with Crippen LogP contribution in [0.5, 0.6) is 0 Å². The number of aromatic amines is 1. The summed E-state index contributed by atoms with van der Waals surface area (Å²) in [7, 11) is 0. The highest BCUT2D eigenvalue weighted by Gasteiger charge is 2.36. The predicted octanol–water partition coefficient (Wildman–Crippen LogP) is 4.40. The first-order valence-electron chi connectivity index (χ1n) is 12.3. The maximum atomic E-state index is 13.9. The Bertz CT molecular complexity index is 1100. The van der Waals surface area contributed by atoms with Crippen molar-refractivity contribution in [3.05, 3.63) is 70.5 Å². The van der Waals surface area contributed by atoms with Gasteiger partial charge in [0.2, 0.25) is 5.91 Å². The van der Waals surface area contributed by atoms with Crippen LogP contribution in [0.2, 0.25) is 0 Å². The van der Waals surface area contributed by atoms with Crippen LogP contribution >= 0.6 is 11.3 Å². The molecule has 0 bridgehead atoms. The summed E-state index contributed by atoms with van der Waals surface area (Å²) in [6, 6.07) is 16.7. The molecule has 0 radical (unpaired) electrons. The molecular weight excluding hydrogens is 462 g/mol. The molecule has 2 aliphatic heterocycles. The summed E-state index contributed by atoms with van der Waals surface area (Å²) in [6.45, 7) is 2.22. The number of rotatable bonds is 9. The maximum absolute atomic E-state index is 13.9. The van der Waals surface area contributed by atoms with Crippen LogP contribution < -0.4 is 5.32 Å². The summed E-state index contributed by atoms with van der Waals surface area (Å²) in [6.07, 6.45) is 3.72. The van der Waals surface area contributed by atoms with E-state index in [1.54, 1.807) is 11.0 Å². The molecule has 2 aromatic heterocycles. The van der Waals surface area contributed by atoms with Gasteiger partial charge in [-0.2, -0.15) is 0 Å². The minimum Gasteiger partial charge on any atom is -0.376 e. The number of carbonyl (C=O) groups excluding carboxylic acids is 2. The van der Waals surface area contributed by atoms with Crippen molar-refractivity contribution in [2.24, 2.45) is 0 Å². The van der Waals surface area contributed by atoms with Crippen LogP contribution in [0.1, 0.15) is 47.1 Å². The van der Waals surface area contributed by atoms with E-state index in [1.165, 1.54) is 11.3 Å². The number of hydrogen-bond acceptors (Lipinski definition) is 5. The molecule has 2 N–H and O–H groups in total. The first kappa shape index (κ1) is 23.8. The smallest absolute Gasteiger partial charge is 0.271 e. The fourth-order valence-electron chi connectivity index (χ4n) is 4.76. The van der Waals surface area contributed by atoms with Crippen molar-refractivity contribution in [1.82, 2.24) is 15.2 Å². The van der Waals surface area contributed by atoms with Gasteiger partial charge in [-0.15, -0.1) is 11.3 Å². The van der Waals surface area contributed by atoms with Gasteiger partial charge in [-0.3, -0.25) is 9.59 Å². The van der Waals surface area contributed by atoms with E-state index in [0.29, 0.717) is 25.4 Å². The van der Waals surface area contributed by atoms with E-state index in [0.717, 1.165) is 48.4 Å². The number of benzene rings is 1. The van der Waals surface area contributed by atoms with E-state index in [9.17, 15) is 9.59 Å². The first-order valence-corrected chi connectivity index (χ1v) is 13.2. The number of nitrogens with one attached hydrogen (secondary N) is 2. The van der Waals surface area contributed by atoms with Gasteiger partial charge in [0.25, 0.3) is 5.91 Å². The van der Waals surface area contributed by atoms with Crippen LogP contribution in [-0.4, -0.2) is 60.2 Å². The predicted molar refractivity (Wildman–Crippen MR) is 135 cm³/mol. The molecule has 7 nitrogen and oxygen atoms in total. The lowest BCUT2D eigenvalue weighted by atomic mass is 10.1. The van der Waals surface area contributed by atoms with Gasteiger partial charge in [-0.05, 0) is 54.8 Å². The summed E-state index contributed by atoms with van der Waals surface area (Å²) in [5.41, 5.74) is 2.32. The van der Waals surface area contributed by atoms with Crippen molar-refractivity contribution < 1.29 is 19.1 Å². The molecule has 0 saturated carbocycles. The quantitative estimate of drug-likeness (QED) is 0.463. The second-order valence-corrected chi connectivity index (χ2v) is 10.0. The Balaban J connectivity index is 1.42. The summed E-state index contributed by atoms with van der Waals surface area (Å²) in [5, 5.41) is 4.99. The van der Waals surface area contributed by atoms with Gasteiger partial charge in [0.05, 0.1) is 12.2 Å². The topological polar surface area (TPSA) is 83.7 Å². The Morgan fingerprint density at radius 2 is 1.77 bits per heavy atom. The van der Waals surface area contributed by atoms with Gasteiger partial charge in [0.15, 0.2) is 0 Å². The number of H-pyrrole nitrogens is 1. The third-order valence-corrected chi connectivity index (χ3v) is 7.51. The molecule has 4 heterocycles. The number of hydrogen-bond donors (Lipinski definition) is 2. The molecule has 0 spiro atoms. The van der Waals surface area contributed by atoms with Crippen LogP contribution in [0, 0.1) is 0 Å². The first-order chi connectivity index (χ1) is 17.2. The summed E-state index contributed by atoms with van der Waals surface area (Å²) in [5.74, 6) is -0.405. The maximum Gasteiger partial charge on any atom is 0.271 e. The van der Waals surface area contributed by atoms with Crippen molar-refractivity contribution in [1.29, 1.82) is 0 Å². The number of amides is 2. The molecule has 0 aliphatic carbocycles. The van der Waals surface area contributed by atoms with Crippen molar-refractivity contribution in [2.75, 3.05) is 26.3 Å². The van der Waals surface area contributed by atoms with Crippen LogP contribution in [0.25, 0.3) is 11.3 Å². The van der Waals surface area contributed by atoms with Gasteiger partial charge in [0, 0.05) is 36.9 Å². The number of nitrogens with zero attached hydrogens (tertiary/aromatic N) is 1. The van der Waals surface area contributed by atoms with Crippen LogP contribution in [-0.2, 0) is 14.3 Å². The molecule has 3 aromatic rings. The van der Waals surface area contributed by atoms with Gasteiger partial charge in [0.1, 0.15) is 11.7 Å². The van der Waals surface area contributed by atoms with Crippen LogP contribution in [0.15, 0.2) is 60.0 Å². The minimum absolute atomic E-state index is 0.0297. The Labute approximate surface area is 209 Å². The van der Waals surface area contributed by atoms with Gasteiger partial charge in [-0.1, -0.05) is 36.4 Å². The monoisotopic (exact) mass is 493 g/mol. The van der Waals surface area contributed by atoms with Gasteiger partial charge < -0.3 is 24.7 Å². The van der Waals surface area contributed by atoms with E-state index in [1.807, 2.05) is 53.9 Å². The number of carbonyl (C=O) groups is 2. The van der Waals surface area contributed by atoms with Crippen molar-refractivity contribution in [3.63, 3.8) is 0 Å². The van der Waals surface area contributed by atoms with E-state index >= 15 is 0 Å². The normalized spacial score (nSPS) is 20.6. The lowest BCUT2D eigenvalue weighted by molar-refractivity contribution is -0.126. The summed E-state index contributed by atoms with van der Waals surface area (Å²) >= 11 is 1.48. The van der Waals surface area contributed by atoms with Gasteiger partial charge in [-0.25, -0.2) is 0 Å². The Hall–Kier alpha value is -2.94. The Kier molecular flexibility index (Phi) is 7.61. The molecule has 35 heavy (non-hydrogen) atoms. The largest absolute Gasteiger partial charge is 0.376 e.